The van der Waals surface area contributed by atoms with Crippen LogP contribution in [0.5, 0.6) is 0 Å². The van der Waals surface area contributed by atoms with Crippen LogP contribution in [0, 0.1) is 15.9 Å². The Labute approximate surface area is 152 Å². The fraction of sp³-hybridized carbons (Fsp3) is 0.176. The number of carbonyl (C=O) groups is 1. The minimum atomic E-state index is -0.727. The second-order valence-corrected chi connectivity index (χ2v) is 6.33. The Balaban J connectivity index is 1.72. The van der Waals surface area contributed by atoms with E-state index < -0.39 is 16.6 Å². The number of nitrogens with one attached hydrogen (secondary N) is 1. The van der Waals surface area contributed by atoms with Crippen molar-refractivity contribution in [1.29, 1.82) is 0 Å². The molecule has 0 saturated heterocycles. The summed E-state index contributed by atoms with van der Waals surface area (Å²) in [4.78, 5) is 26.8. The zero-order valence-electron chi connectivity index (χ0n) is 13.8. The molecular weight excluding hydrogens is 359 g/mol. The van der Waals surface area contributed by atoms with Crippen molar-refractivity contribution in [1.82, 2.24) is 9.55 Å². The number of thioether (sulfide) groups is 1. The van der Waals surface area contributed by atoms with Crippen molar-refractivity contribution in [2.45, 2.75) is 18.6 Å². The normalized spacial score (nSPS) is 10.8. The van der Waals surface area contributed by atoms with Crippen molar-refractivity contribution in [3.63, 3.8) is 0 Å². The maximum atomic E-state index is 13.8. The lowest BCUT2D eigenvalue weighted by molar-refractivity contribution is -0.384. The summed E-state index contributed by atoms with van der Waals surface area (Å²) in [5.41, 5.74) is 1.31. The highest BCUT2D eigenvalue weighted by molar-refractivity contribution is 7.99. The second-order valence-electron chi connectivity index (χ2n) is 5.39. The fourth-order valence-electron chi connectivity index (χ4n) is 2.51. The van der Waals surface area contributed by atoms with Crippen molar-refractivity contribution in [3.8, 4) is 0 Å². The van der Waals surface area contributed by atoms with Crippen LogP contribution >= 0.6 is 11.8 Å². The number of imidazole rings is 1. The van der Waals surface area contributed by atoms with E-state index in [1.165, 1.54) is 11.8 Å². The lowest BCUT2D eigenvalue weighted by Gasteiger charge is -2.07. The molecule has 0 aliphatic carbocycles. The van der Waals surface area contributed by atoms with Crippen molar-refractivity contribution in [2.24, 2.45) is 0 Å². The van der Waals surface area contributed by atoms with Gasteiger partial charge in [0.05, 0.1) is 27.4 Å². The molecule has 1 heterocycles. The van der Waals surface area contributed by atoms with E-state index in [-0.39, 0.29) is 17.1 Å². The highest BCUT2D eigenvalue weighted by Crippen LogP contribution is 2.25. The topological polar surface area (TPSA) is 90.1 Å². The Hall–Kier alpha value is -2.94. The molecule has 0 fully saturated rings. The number of nitrogens with zero attached hydrogens (tertiary/aromatic N) is 3. The first-order valence-electron chi connectivity index (χ1n) is 7.81. The first kappa shape index (κ1) is 17.9. The zero-order valence-corrected chi connectivity index (χ0v) is 14.6. The number of nitro benzene ring substituents is 1. The maximum absolute atomic E-state index is 13.8. The number of hydrogen-bond donors (Lipinski definition) is 1. The molecule has 7 nitrogen and oxygen atoms in total. The molecule has 0 unspecified atom stereocenters. The summed E-state index contributed by atoms with van der Waals surface area (Å²) in [6, 6.07) is 10.7. The van der Waals surface area contributed by atoms with Crippen molar-refractivity contribution < 1.29 is 14.1 Å². The number of halogens is 1. The van der Waals surface area contributed by atoms with Crippen LogP contribution in [0.25, 0.3) is 11.0 Å². The highest BCUT2D eigenvalue weighted by atomic mass is 32.2. The first-order chi connectivity index (χ1) is 12.5. The van der Waals surface area contributed by atoms with E-state index in [0.717, 1.165) is 29.2 Å². The van der Waals surface area contributed by atoms with E-state index in [0.29, 0.717) is 11.7 Å². The summed E-state index contributed by atoms with van der Waals surface area (Å²) in [7, 11) is 0. The molecule has 134 valence electrons. The third kappa shape index (κ3) is 3.67. The average Bonchev–Trinajstić information content (AvgIpc) is 2.99. The van der Waals surface area contributed by atoms with Gasteiger partial charge in [0.25, 0.3) is 5.69 Å². The minimum Gasteiger partial charge on any atom is -0.323 e. The molecular formula is C17H15FN4O3S. The average molecular weight is 374 g/mol. The van der Waals surface area contributed by atoms with Gasteiger partial charge in [0, 0.05) is 18.7 Å². The van der Waals surface area contributed by atoms with Gasteiger partial charge in [0.1, 0.15) is 5.82 Å². The van der Waals surface area contributed by atoms with Gasteiger partial charge in [-0.3, -0.25) is 14.9 Å². The van der Waals surface area contributed by atoms with Gasteiger partial charge in [-0.15, -0.1) is 0 Å². The molecule has 1 amide bonds. The van der Waals surface area contributed by atoms with Gasteiger partial charge >= 0.3 is 0 Å². The van der Waals surface area contributed by atoms with Crippen LogP contribution < -0.4 is 5.32 Å². The summed E-state index contributed by atoms with van der Waals surface area (Å²) in [5.74, 6) is -1.19. The van der Waals surface area contributed by atoms with Gasteiger partial charge in [-0.1, -0.05) is 23.9 Å². The van der Waals surface area contributed by atoms with E-state index in [9.17, 15) is 19.3 Å². The van der Waals surface area contributed by atoms with Gasteiger partial charge in [0.15, 0.2) is 5.16 Å². The van der Waals surface area contributed by atoms with Gasteiger partial charge in [-0.25, -0.2) is 9.37 Å². The van der Waals surface area contributed by atoms with E-state index in [1.54, 1.807) is 0 Å². The van der Waals surface area contributed by atoms with Crippen LogP contribution in [-0.2, 0) is 11.3 Å². The predicted molar refractivity (Wildman–Crippen MR) is 97.8 cm³/mol. The fourth-order valence-corrected chi connectivity index (χ4v) is 3.39. The number of aryl methyl sites for hydroxylation is 1. The Kier molecular flexibility index (Phi) is 5.17. The molecule has 3 aromatic rings. The minimum absolute atomic E-state index is 0.00541. The Bertz CT molecular complexity index is 989. The molecule has 0 bridgehead atoms. The number of para-hydroxylation sites is 2. The number of aromatic nitrogens is 2. The van der Waals surface area contributed by atoms with Gasteiger partial charge in [0.2, 0.25) is 5.91 Å². The number of hydrogen-bond acceptors (Lipinski definition) is 5. The standard InChI is InChI=1S/C17H15FN4O3S/c1-2-21-15-6-4-3-5-13(15)20-17(21)26-10-16(23)19-14-9-11(22(24)25)7-8-12(14)18/h3-9H,2,10H2,1H3,(H,19,23). The number of fused-ring (bicyclic) bond motifs is 1. The number of anilines is 1. The van der Waals surface area contributed by atoms with Crippen LogP contribution in [0.4, 0.5) is 15.8 Å². The van der Waals surface area contributed by atoms with Crippen LogP contribution in [0.2, 0.25) is 0 Å². The van der Waals surface area contributed by atoms with Crippen LogP contribution in [0.3, 0.4) is 0 Å². The smallest absolute Gasteiger partial charge is 0.271 e. The second kappa shape index (κ2) is 7.52. The summed E-state index contributed by atoms with van der Waals surface area (Å²) in [6.45, 7) is 2.68. The molecule has 0 aliphatic heterocycles. The molecule has 0 aliphatic rings. The molecule has 9 heteroatoms. The molecule has 3 rings (SSSR count). The van der Waals surface area contributed by atoms with Crippen molar-refractivity contribution >= 4 is 40.1 Å². The maximum Gasteiger partial charge on any atom is 0.271 e. The third-order valence-electron chi connectivity index (χ3n) is 3.70. The van der Waals surface area contributed by atoms with Crippen LogP contribution in [0.15, 0.2) is 47.6 Å². The largest absolute Gasteiger partial charge is 0.323 e. The zero-order chi connectivity index (χ0) is 18.7. The van der Waals surface area contributed by atoms with E-state index in [2.05, 4.69) is 10.3 Å². The molecule has 0 atom stereocenters. The summed E-state index contributed by atoms with van der Waals surface area (Å²) in [6.07, 6.45) is 0. The van der Waals surface area contributed by atoms with E-state index >= 15 is 0 Å². The van der Waals surface area contributed by atoms with E-state index in [4.69, 9.17) is 0 Å². The number of non-ortho nitro benzene ring substituents is 1. The SMILES string of the molecule is CCn1c(SCC(=O)Nc2cc([N+](=O)[O-])ccc2F)nc2ccccc21. The van der Waals surface area contributed by atoms with E-state index in [1.807, 2.05) is 35.8 Å². The number of carbonyl (C=O) groups excluding carboxylic acids is 1. The third-order valence-corrected chi connectivity index (χ3v) is 4.68. The molecule has 1 N–H and O–H groups in total. The predicted octanol–water partition coefficient (Wildman–Crippen LogP) is 3.83. The Morgan fingerprint density at radius 3 is 2.85 bits per heavy atom. The summed E-state index contributed by atoms with van der Waals surface area (Å²) >= 11 is 1.22. The Morgan fingerprint density at radius 2 is 2.12 bits per heavy atom. The van der Waals surface area contributed by atoms with Crippen LogP contribution in [-0.4, -0.2) is 26.1 Å². The Morgan fingerprint density at radius 1 is 1.35 bits per heavy atom. The van der Waals surface area contributed by atoms with Crippen molar-refractivity contribution in [2.75, 3.05) is 11.1 Å². The lowest BCUT2D eigenvalue weighted by atomic mass is 10.2. The number of nitro groups is 1. The number of amides is 1. The molecule has 0 saturated carbocycles. The molecule has 26 heavy (non-hydrogen) atoms. The van der Waals surface area contributed by atoms with Crippen LogP contribution in [0.1, 0.15) is 6.92 Å². The summed E-state index contributed by atoms with van der Waals surface area (Å²) < 4.78 is 15.7. The molecule has 1 aromatic heterocycles. The molecule has 2 aromatic carbocycles. The summed E-state index contributed by atoms with van der Waals surface area (Å²) in [5, 5.41) is 13.8. The van der Waals surface area contributed by atoms with Gasteiger partial charge in [-0.2, -0.15) is 0 Å². The first-order valence-corrected chi connectivity index (χ1v) is 8.80. The quantitative estimate of drug-likeness (QED) is 0.402. The molecule has 0 radical (unpaired) electrons. The van der Waals surface area contributed by atoms with Gasteiger partial charge in [-0.05, 0) is 25.1 Å². The molecule has 0 spiro atoms. The highest BCUT2D eigenvalue weighted by Gasteiger charge is 2.15. The lowest BCUT2D eigenvalue weighted by Crippen LogP contribution is -2.15. The number of rotatable bonds is 6. The van der Waals surface area contributed by atoms with Crippen molar-refractivity contribution in [3.05, 3.63) is 58.4 Å². The monoisotopic (exact) mass is 374 g/mol. The number of benzene rings is 2. The van der Waals surface area contributed by atoms with Gasteiger partial charge < -0.3 is 9.88 Å².